The number of likely N-dealkylation sites (N-methyl/N-ethyl adjacent to an activating group) is 2. The van der Waals surface area contributed by atoms with Gasteiger partial charge in [0.2, 0.25) is 5.91 Å². The van der Waals surface area contributed by atoms with E-state index in [9.17, 15) is 4.79 Å². The number of carbonyl (C=O) groups excluding carboxylic acids is 1. The Labute approximate surface area is 117 Å². The van der Waals surface area contributed by atoms with Gasteiger partial charge in [-0.3, -0.25) is 4.79 Å². The minimum absolute atomic E-state index is 0.223. The van der Waals surface area contributed by atoms with Crippen molar-refractivity contribution in [2.75, 3.05) is 34.2 Å². The fourth-order valence-electron chi connectivity index (χ4n) is 3.52. The molecular weight excluding hydrogens is 238 g/mol. The Bertz CT molecular complexity index is 325. The number of nitrogens with one attached hydrogen (secondary N) is 1. The minimum Gasteiger partial charge on any atom is -0.344 e. The van der Waals surface area contributed by atoms with Crippen molar-refractivity contribution in [2.24, 2.45) is 5.92 Å². The summed E-state index contributed by atoms with van der Waals surface area (Å²) < 4.78 is 0. The van der Waals surface area contributed by atoms with E-state index in [-0.39, 0.29) is 11.5 Å². The highest BCUT2D eigenvalue weighted by Gasteiger charge is 2.41. The first-order valence-corrected chi connectivity index (χ1v) is 7.60. The van der Waals surface area contributed by atoms with Crippen LogP contribution in [0.2, 0.25) is 0 Å². The SMILES string of the molecule is CC1CC(C(=O)N(C)CC2(N(C)C)CCC2)CCN1. The maximum atomic E-state index is 12.6. The van der Waals surface area contributed by atoms with Crippen molar-refractivity contribution >= 4 is 5.91 Å². The first kappa shape index (κ1) is 14.8. The van der Waals surface area contributed by atoms with Crippen LogP contribution in [0.15, 0.2) is 0 Å². The summed E-state index contributed by atoms with van der Waals surface area (Å²) in [5.74, 6) is 0.571. The van der Waals surface area contributed by atoms with Gasteiger partial charge in [0.15, 0.2) is 0 Å². The summed E-state index contributed by atoms with van der Waals surface area (Å²) in [7, 11) is 6.27. The summed E-state index contributed by atoms with van der Waals surface area (Å²) in [6.07, 6.45) is 5.71. The van der Waals surface area contributed by atoms with Crippen molar-refractivity contribution in [3.8, 4) is 0 Å². The number of rotatable bonds is 4. The Kier molecular flexibility index (Phi) is 4.51. The van der Waals surface area contributed by atoms with Crippen molar-refractivity contribution in [2.45, 2.75) is 50.6 Å². The number of amides is 1. The van der Waals surface area contributed by atoms with Gasteiger partial charge in [0, 0.05) is 31.1 Å². The van der Waals surface area contributed by atoms with E-state index < -0.39 is 0 Å². The third-order valence-corrected chi connectivity index (χ3v) is 5.11. The van der Waals surface area contributed by atoms with E-state index in [0.29, 0.717) is 11.9 Å². The van der Waals surface area contributed by atoms with Crippen LogP contribution in [0.1, 0.15) is 39.0 Å². The molecule has 2 atom stereocenters. The minimum atomic E-state index is 0.223. The molecule has 1 aliphatic heterocycles. The highest BCUT2D eigenvalue weighted by Crippen LogP contribution is 2.37. The molecule has 2 rings (SSSR count). The lowest BCUT2D eigenvalue weighted by molar-refractivity contribution is -0.138. The smallest absolute Gasteiger partial charge is 0.225 e. The molecule has 0 aromatic rings. The second-order valence-electron chi connectivity index (χ2n) is 6.74. The topological polar surface area (TPSA) is 35.6 Å². The van der Waals surface area contributed by atoms with Crippen LogP contribution >= 0.6 is 0 Å². The van der Waals surface area contributed by atoms with Gasteiger partial charge >= 0.3 is 0 Å². The summed E-state index contributed by atoms with van der Waals surface area (Å²) >= 11 is 0. The van der Waals surface area contributed by atoms with Gasteiger partial charge in [-0.05, 0) is 59.7 Å². The molecule has 2 fully saturated rings. The molecule has 2 aliphatic rings. The largest absolute Gasteiger partial charge is 0.344 e. The third kappa shape index (κ3) is 3.11. The van der Waals surface area contributed by atoms with Gasteiger partial charge < -0.3 is 15.1 Å². The zero-order valence-corrected chi connectivity index (χ0v) is 12.9. The lowest BCUT2D eigenvalue weighted by atomic mass is 9.75. The van der Waals surface area contributed by atoms with Gasteiger partial charge in [-0.15, -0.1) is 0 Å². The van der Waals surface area contributed by atoms with Gasteiger partial charge in [-0.25, -0.2) is 0 Å². The standard InChI is InChI=1S/C15H29N3O/c1-12-10-13(6-9-16-12)14(19)18(4)11-15(17(2)3)7-5-8-15/h12-13,16H,5-11H2,1-4H3. The molecular formula is C15H29N3O. The fourth-order valence-corrected chi connectivity index (χ4v) is 3.52. The van der Waals surface area contributed by atoms with E-state index in [4.69, 9.17) is 0 Å². The van der Waals surface area contributed by atoms with Crippen molar-refractivity contribution in [3.05, 3.63) is 0 Å². The number of hydrogen-bond donors (Lipinski definition) is 1. The molecule has 1 saturated carbocycles. The first-order valence-electron chi connectivity index (χ1n) is 7.60. The molecule has 1 heterocycles. The molecule has 0 spiro atoms. The van der Waals surface area contributed by atoms with E-state index in [1.165, 1.54) is 19.3 Å². The summed E-state index contributed by atoms with van der Waals surface area (Å²) in [6.45, 7) is 4.04. The van der Waals surface area contributed by atoms with Gasteiger partial charge in [-0.2, -0.15) is 0 Å². The van der Waals surface area contributed by atoms with Crippen molar-refractivity contribution in [1.82, 2.24) is 15.1 Å². The number of hydrogen-bond acceptors (Lipinski definition) is 3. The Morgan fingerprint density at radius 2 is 2.00 bits per heavy atom. The molecule has 1 saturated heterocycles. The molecule has 2 unspecified atom stereocenters. The summed E-state index contributed by atoms with van der Waals surface area (Å²) in [5.41, 5.74) is 0.239. The third-order valence-electron chi connectivity index (χ3n) is 5.11. The Hall–Kier alpha value is -0.610. The molecule has 1 aliphatic carbocycles. The van der Waals surface area contributed by atoms with Gasteiger partial charge in [0.1, 0.15) is 0 Å². The zero-order chi connectivity index (χ0) is 14.0. The lowest BCUT2D eigenvalue weighted by Gasteiger charge is -2.49. The maximum Gasteiger partial charge on any atom is 0.225 e. The lowest BCUT2D eigenvalue weighted by Crippen LogP contribution is -2.58. The summed E-state index contributed by atoms with van der Waals surface area (Å²) in [6, 6.07) is 0.475. The van der Waals surface area contributed by atoms with Crippen LogP contribution < -0.4 is 5.32 Å². The Balaban J connectivity index is 1.91. The van der Waals surface area contributed by atoms with E-state index in [1.54, 1.807) is 0 Å². The average Bonchev–Trinajstić information content (AvgIpc) is 2.32. The van der Waals surface area contributed by atoms with Crippen molar-refractivity contribution < 1.29 is 4.79 Å². The molecule has 4 nitrogen and oxygen atoms in total. The van der Waals surface area contributed by atoms with E-state index in [2.05, 4.69) is 31.2 Å². The first-order chi connectivity index (χ1) is 8.94. The second-order valence-corrected chi connectivity index (χ2v) is 6.74. The number of carbonyl (C=O) groups is 1. The molecule has 19 heavy (non-hydrogen) atoms. The Morgan fingerprint density at radius 1 is 1.32 bits per heavy atom. The van der Waals surface area contributed by atoms with Crippen LogP contribution in [0.5, 0.6) is 0 Å². The molecule has 4 heteroatoms. The maximum absolute atomic E-state index is 12.6. The van der Waals surface area contributed by atoms with Crippen LogP contribution in [0, 0.1) is 5.92 Å². The van der Waals surface area contributed by atoms with Crippen LogP contribution in [-0.2, 0) is 4.79 Å². The quantitative estimate of drug-likeness (QED) is 0.834. The molecule has 1 N–H and O–H groups in total. The van der Waals surface area contributed by atoms with E-state index in [1.807, 2.05) is 11.9 Å². The fraction of sp³-hybridized carbons (Fsp3) is 0.933. The molecule has 0 aromatic heterocycles. The predicted molar refractivity (Wildman–Crippen MR) is 78.1 cm³/mol. The summed E-state index contributed by atoms with van der Waals surface area (Å²) in [5, 5.41) is 3.42. The van der Waals surface area contributed by atoms with E-state index >= 15 is 0 Å². The summed E-state index contributed by atoms with van der Waals surface area (Å²) in [4.78, 5) is 16.9. The van der Waals surface area contributed by atoms with Gasteiger partial charge in [0.25, 0.3) is 0 Å². The Morgan fingerprint density at radius 3 is 2.47 bits per heavy atom. The van der Waals surface area contributed by atoms with E-state index in [0.717, 1.165) is 25.9 Å². The highest BCUT2D eigenvalue weighted by molar-refractivity contribution is 5.78. The van der Waals surface area contributed by atoms with Crippen LogP contribution in [0.3, 0.4) is 0 Å². The molecule has 0 radical (unpaired) electrons. The zero-order valence-electron chi connectivity index (χ0n) is 12.9. The van der Waals surface area contributed by atoms with Crippen LogP contribution in [0.4, 0.5) is 0 Å². The number of nitrogens with zero attached hydrogens (tertiary/aromatic N) is 2. The highest BCUT2D eigenvalue weighted by atomic mass is 16.2. The normalized spacial score (nSPS) is 29.9. The number of piperidine rings is 1. The monoisotopic (exact) mass is 267 g/mol. The van der Waals surface area contributed by atoms with Crippen LogP contribution in [0.25, 0.3) is 0 Å². The average molecular weight is 267 g/mol. The van der Waals surface area contributed by atoms with Crippen LogP contribution in [-0.4, -0.2) is 61.5 Å². The second kappa shape index (κ2) is 5.80. The molecule has 1 amide bonds. The molecule has 0 aromatic carbocycles. The van der Waals surface area contributed by atoms with Crippen molar-refractivity contribution in [3.63, 3.8) is 0 Å². The van der Waals surface area contributed by atoms with Gasteiger partial charge in [-0.1, -0.05) is 0 Å². The predicted octanol–water partition coefficient (Wildman–Crippen LogP) is 1.32. The van der Waals surface area contributed by atoms with Gasteiger partial charge in [0.05, 0.1) is 0 Å². The molecule has 110 valence electrons. The molecule has 0 bridgehead atoms. The van der Waals surface area contributed by atoms with Crippen molar-refractivity contribution in [1.29, 1.82) is 0 Å².